The predicted molar refractivity (Wildman–Crippen MR) is 64.5 cm³/mol. The first-order chi connectivity index (χ1) is 7.58. The maximum atomic E-state index is 11.1. The topological polar surface area (TPSA) is 45.8 Å². The number of aromatic nitrogens is 2. The van der Waals surface area contributed by atoms with E-state index < -0.39 is 0 Å². The zero-order valence-corrected chi connectivity index (χ0v) is 9.66. The fourth-order valence-corrected chi connectivity index (χ4v) is 1.73. The molecule has 0 saturated carbocycles. The molecule has 3 nitrogen and oxygen atoms in total. The highest BCUT2D eigenvalue weighted by Gasteiger charge is 2.03. The van der Waals surface area contributed by atoms with E-state index in [1.807, 2.05) is 6.07 Å². The Bertz CT molecular complexity index is 561. The molecule has 2 aromatic rings. The van der Waals surface area contributed by atoms with Crippen LogP contribution >= 0.6 is 0 Å². The number of rotatable bonds is 1. The van der Waals surface area contributed by atoms with Gasteiger partial charge in [0.25, 0.3) is 0 Å². The SMILES string of the molecule is Cc1cc(-c2ccnc(=O)[nH]2)cc(C)c1C. The molecule has 2 rings (SSSR count). The summed E-state index contributed by atoms with van der Waals surface area (Å²) < 4.78 is 0. The molecule has 1 aromatic carbocycles. The van der Waals surface area contributed by atoms with Crippen LogP contribution in [0.4, 0.5) is 0 Å². The first-order valence-corrected chi connectivity index (χ1v) is 5.21. The van der Waals surface area contributed by atoms with Crippen LogP contribution in [0.1, 0.15) is 16.7 Å². The Morgan fingerprint density at radius 2 is 1.75 bits per heavy atom. The standard InChI is InChI=1S/C13H14N2O/c1-8-6-11(7-9(2)10(8)3)12-4-5-14-13(16)15-12/h4-7H,1-3H3,(H,14,15,16). The number of hydrogen-bond acceptors (Lipinski definition) is 2. The Morgan fingerprint density at radius 1 is 1.12 bits per heavy atom. The average molecular weight is 214 g/mol. The van der Waals surface area contributed by atoms with Crippen molar-refractivity contribution in [1.29, 1.82) is 0 Å². The molecule has 0 aliphatic heterocycles. The number of H-pyrrole nitrogens is 1. The van der Waals surface area contributed by atoms with Gasteiger partial charge in [-0.3, -0.25) is 0 Å². The predicted octanol–water partition coefficient (Wildman–Crippen LogP) is 2.36. The van der Waals surface area contributed by atoms with Gasteiger partial charge in [0.05, 0.1) is 5.69 Å². The van der Waals surface area contributed by atoms with E-state index in [9.17, 15) is 4.79 Å². The van der Waals surface area contributed by atoms with Gasteiger partial charge < -0.3 is 4.98 Å². The highest BCUT2D eigenvalue weighted by Crippen LogP contribution is 2.22. The summed E-state index contributed by atoms with van der Waals surface area (Å²) >= 11 is 0. The number of benzene rings is 1. The van der Waals surface area contributed by atoms with E-state index in [4.69, 9.17) is 0 Å². The summed E-state index contributed by atoms with van der Waals surface area (Å²) in [7, 11) is 0. The number of aromatic amines is 1. The van der Waals surface area contributed by atoms with E-state index in [2.05, 4.69) is 42.9 Å². The van der Waals surface area contributed by atoms with Crippen LogP contribution in [-0.4, -0.2) is 9.97 Å². The molecular formula is C13H14N2O. The van der Waals surface area contributed by atoms with Gasteiger partial charge in [0.2, 0.25) is 0 Å². The van der Waals surface area contributed by atoms with Crippen molar-refractivity contribution in [1.82, 2.24) is 9.97 Å². The highest BCUT2D eigenvalue weighted by atomic mass is 16.1. The maximum absolute atomic E-state index is 11.1. The Morgan fingerprint density at radius 3 is 2.31 bits per heavy atom. The summed E-state index contributed by atoms with van der Waals surface area (Å²) in [6.45, 7) is 6.25. The molecule has 0 atom stereocenters. The lowest BCUT2D eigenvalue weighted by molar-refractivity contribution is 1.08. The first-order valence-electron chi connectivity index (χ1n) is 5.21. The van der Waals surface area contributed by atoms with Crippen LogP contribution in [0.2, 0.25) is 0 Å². The van der Waals surface area contributed by atoms with Gasteiger partial charge in [-0.25, -0.2) is 9.78 Å². The highest BCUT2D eigenvalue weighted by molar-refractivity contribution is 5.62. The van der Waals surface area contributed by atoms with Crippen LogP contribution in [0.5, 0.6) is 0 Å². The van der Waals surface area contributed by atoms with Gasteiger partial charge >= 0.3 is 5.69 Å². The second-order valence-corrected chi connectivity index (χ2v) is 4.02. The second kappa shape index (κ2) is 3.93. The molecule has 0 fully saturated rings. The van der Waals surface area contributed by atoms with Crippen molar-refractivity contribution in [3.8, 4) is 11.3 Å². The van der Waals surface area contributed by atoms with E-state index in [1.54, 1.807) is 0 Å². The summed E-state index contributed by atoms with van der Waals surface area (Å²) in [6, 6.07) is 5.96. The zero-order valence-electron chi connectivity index (χ0n) is 9.66. The number of aryl methyl sites for hydroxylation is 2. The summed E-state index contributed by atoms with van der Waals surface area (Å²) in [5.74, 6) is 0. The third-order valence-corrected chi connectivity index (χ3v) is 2.91. The average Bonchev–Trinajstić information content (AvgIpc) is 2.25. The van der Waals surface area contributed by atoms with Crippen LogP contribution in [0.25, 0.3) is 11.3 Å². The van der Waals surface area contributed by atoms with Gasteiger partial charge in [0, 0.05) is 6.20 Å². The van der Waals surface area contributed by atoms with Gasteiger partial charge in [-0.1, -0.05) is 0 Å². The zero-order chi connectivity index (χ0) is 11.7. The quantitative estimate of drug-likeness (QED) is 0.792. The minimum absolute atomic E-state index is 0.312. The van der Waals surface area contributed by atoms with Crippen LogP contribution in [0, 0.1) is 20.8 Å². The lowest BCUT2D eigenvalue weighted by Crippen LogP contribution is -2.09. The molecule has 0 saturated heterocycles. The summed E-state index contributed by atoms with van der Waals surface area (Å²) in [5.41, 5.74) is 5.28. The smallest absolute Gasteiger partial charge is 0.305 e. The molecule has 3 heteroatoms. The van der Waals surface area contributed by atoms with E-state index in [1.165, 1.54) is 22.9 Å². The lowest BCUT2D eigenvalue weighted by atomic mass is 9.99. The van der Waals surface area contributed by atoms with Crippen LogP contribution < -0.4 is 5.69 Å². The molecular weight excluding hydrogens is 200 g/mol. The minimum Gasteiger partial charge on any atom is -0.305 e. The van der Waals surface area contributed by atoms with E-state index >= 15 is 0 Å². The molecule has 0 radical (unpaired) electrons. The Hall–Kier alpha value is -1.90. The number of nitrogens with one attached hydrogen (secondary N) is 1. The molecule has 0 spiro atoms. The van der Waals surface area contributed by atoms with Crippen molar-refractivity contribution < 1.29 is 0 Å². The maximum Gasteiger partial charge on any atom is 0.345 e. The molecule has 0 aliphatic rings. The van der Waals surface area contributed by atoms with Crippen molar-refractivity contribution in [3.63, 3.8) is 0 Å². The molecule has 1 N–H and O–H groups in total. The van der Waals surface area contributed by atoms with E-state index in [0.29, 0.717) is 0 Å². The molecule has 0 unspecified atom stereocenters. The van der Waals surface area contributed by atoms with Crippen molar-refractivity contribution in [3.05, 3.63) is 51.6 Å². The Balaban J connectivity index is 2.61. The Kier molecular flexibility index (Phi) is 2.60. The summed E-state index contributed by atoms with van der Waals surface area (Å²) in [6.07, 6.45) is 1.53. The summed E-state index contributed by atoms with van der Waals surface area (Å²) in [4.78, 5) is 17.5. The van der Waals surface area contributed by atoms with Crippen molar-refractivity contribution in [2.75, 3.05) is 0 Å². The van der Waals surface area contributed by atoms with Gasteiger partial charge in [-0.2, -0.15) is 0 Å². The normalized spacial score (nSPS) is 10.4. The largest absolute Gasteiger partial charge is 0.345 e. The van der Waals surface area contributed by atoms with E-state index in [0.717, 1.165) is 11.3 Å². The second-order valence-electron chi connectivity index (χ2n) is 4.02. The van der Waals surface area contributed by atoms with Gasteiger partial charge in [-0.05, 0) is 61.2 Å². The minimum atomic E-state index is -0.312. The molecule has 0 aliphatic carbocycles. The van der Waals surface area contributed by atoms with Crippen LogP contribution in [0.3, 0.4) is 0 Å². The Labute approximate surface area is 94.2 Å². The molecule has 0 bridgehead atoms. The molecule has 0 amide bonds. The van der Waals surface area contributed by atoms with E-state index in [-0.39, 0.29) is 5.69 Å². The molecule has 1 heterocycles. The third-order valence-electron chi connectivity index (χ3n) is 2.91. The van der Waals surface area contributed by atoms with Crippen LogP contribution in [-0.2, 0) is 0 Å². The summed E-state index contributed by atoms with van der Waals surface area (Å²) in [5, 5.41) is 0. The van der Waals surface area contributed by atoms with Crippen molar-refractivity contribution >= 4 is 0 Å². The monoisotopic (exact) mass is 214 g/mol. The van der Waals surface area contributed by atoms with Crippen molar-refractivity contribution in [2.45, 2.75) is 20.8 Å². The number of nitrogens with zero attached hydrogens (tertiary/aromatic N) is 1. The lowest BCUT2D eigenvalue weighted by Gasteiger charge is -2.08. The fourth-order valence-electron chi connectivity index (χ4n) is 1.73. The fraction of sp³-hybridized carbons (Fsp3) is 0.231. The first kappa shape index (κ1) is 10.6. The van der Waals surface area contributed by atoms with Gasteiger partial charge in [0.15, 0.2) is 0 Å². The van der Waals surface area contributed by atoms with Crippen molar-refractivity contribution in [2.24, 2.45) is 0 Å². The number of hydrogen-bond donors (Lipinski definition) is 1. The molecule has 82 valence electrons. The molecule has 16 heavy (non-hydrogen) atoms. The van der Waals surface area contributed by atoms with Gasteiger partial charge in [-0.15, -0.1) is 0 Å². The third kappa shape index (κ3) is 1.89. The molecule has 1 aromatic heterocycles. The van der Waals surface area contributed by atoms with Gasteiger partial charge in [0.1, 0.15) is 0 Å². The van der Waals surface area contributed by atoms with Crippen LogP contribution in [0.15, 0.2) is 29.2 Å².